The first-order valence-electron chi connectivity index (χ1n) is 19.8. The summed E-state index contributed by atoms with van der Waals surface area (Å²) >= 11 is 0. The fraction of sp³-hybridized carbons (Fsp3) is 0.643. The highest BCUT2D eigenvalue weighted by Crippen LogP contribution is 2.25. The molecule has 6 heteroatoms. The fourth-order valence-electron chi connectivity index (χ4n) is 5.28. The number of hydrogen-bond donors (Lipinski definition) is 0. The lowest BCUT2D eigenvalue weighted by Gasteiger charge is -2.25. The highest BCUT2D eigenvalue weighted by Gasteiger charge is 2.23. The molecule has 0 bridgehead atoms. The van der Waals surface area contributed by atoms with E-state index in [2.05, 4.69) is 180 Å². The van der Waals surface area contributed by atoms with Gasteiger partial charge >= 0.3 is 5.97 Å². The van der Waals surface area contributed by atoms with E-state index < -0.39 is 34.3 Å². The van der Waals surface area contributed by atoms with Crippen LogP contribution >= 0.6 is 0 Å². The molecular formula is C56H116O4Si2. The molecule has 0 fully saturated rings. The molecule has 0 spiro atoms. The summed E-state index contributed by atoms with van der Waals surface area (Å²) in [7, 11) is -0.0547. The molecule has 0 saturated carbocycles. The lowest BCUT2D eigenvalue weighted by molar-refractivity contribution is -0.162. The number of Topliss-reactive ketones (excluding diaryl/α,β-unsaturated/α-hetero) is 1. The second kappa shape index (κ2) is 44.8. The number of rotatable bonds is 12. The summed E-state index contributed by atoms with van der Waals surface area (Å²) < 4.78 is 9.46. The standard InChI is InChI=1S/2C11H16.C10H14.C8H14O4.C7H20Si2.9CH4/c1-4-10(3)11-7-5-9(2)6-8-11;1-4-11(2,3)10-8-6-5-7-9-10;1-3-9(2)10-7-5-4-6-8-10;1-5(9)6(2)12-8(10)7(3)11-4;1-8(2,3)7-9(4,5)6;;;;;;;;;/h5-8,10H,4H2,1-3H3;5-9H,4H2,1-3H3;4-9H,3H2,1-2H3;6-7H,1-4H3;7H2,1-6H3;9*1H4. The number of hydrogen-bond acceptors (Lipinski definition) is 4. The van der Waals surface area contributed by atoms with Crippen LogP contribution < -0.4 is 0 Å². The number of carbonyl (C=O) groups is 2. The number of esters is 1. The normalized spacial score (nSPS) is 11.4. The third-order valence-corrected chi connectivity index (χ3v) is 17.8. The Morgan fingerprint density at radius 2 is 0.903 bits per heavy atom. The zero-order valence-electron chi connectivity index (χ0n) is 37.4. The van der Waals surface area contributed by atoms with Crippen LogP contribution in [0.4, 0.5) is 0 Å². The predicted octanol–water partition coefficient (Wildman–Crippen LogP) is 19.6. The minimum absolute atomic E-state index is 0. The maximum Gasteiger partial charge on any atom is 0.335 e. The van der Waals surface area contributed by atoms with Gasteiger partial charge in [0.05, 0.1) is 0 Å². The third-order valence-electron chi connectivity index (χ3n) is 9.29. The van der Waals surface area contributed by atoms with Gasteiger partial charge in [0, 0.05) is 23.3 Å². The average molecular weight is 910 g/mol. The van der Waals surface area contributed by atoms with Crippen molar-refractivity contribution in [1.82, 2.24) is 0 Å². The molecule has 3 aromatic rings. The molecule has 4 unspecified atom stereocenters. The van der Waals surface area contributed by atoms with Crippen LogP contribution in [0.25, 0.3) is 0 Å². The van der Waals surface area contributed by atoms with Gasteiger partial charge in [0.15, 0.2) is 18.0 Å². The number of methoxy groups -OCH3 is 1. The molecule has 0 radical (unpaired) electrons. The highest BCUT2D eigenvalue weighted by molar-refractivity contribution is 6.94. The van der Waals surface area contributed by atoms with Gasteiger partial charge in [-0.05, 0) is 80.9 Å². The summed E-state index contributed by atoms with van der Waals surface area (Å²) in [5.41, 5.74) is 7.59. The van der Waals surface area contributed by atoms with Crippen molar-refractivity contribution in [2.24, 2.45) is 0 Å². The molecular weight excluding hydrogens is 793 g/mol. The van der Waals surface area contributed by atoms with Gasteiger partial charge < -0.3 is 9.47 Å². The van der Waals surface area contributed by atoms with Gasteiger partial charge in [-0.25, -0.2) is 4.79 Å². The van der Waals surface area contributed by atoms with Crippen molar-refractivity contribution in [3.05, 3.63) is 107 Å². The summed E-state index contributed by atoms with van der Waals surface area (Å²) in [5, 5.41) is 0. The van der Waals surface area contributed by atoms with Crippen LogP contribution in [0, 0.1) is 6.92 Å². The fourth-order valence-corrected chi connectivity index (χ4v) is 18.0. The van der Waals surface area contributed by atoms with E-state index in [9.17, 15) is 9.59 Å². The first-order chi connectivity index (χ1) is 24.4. The monoisotopic (exact) mass is 909 g/mol. The van der Waals surface area contributed by atoms with Crippen LogP contribution in [0.2, 0.25) is 44.9 Å². The van der Waals surface area contributed by atoms with Crippen LogP contribution in [-0.4, -0.2) is 47.2 Å². The molecule has 0 heterocycles. The van der Waals surface area contributed by atoms with Crippen LogP contribution in [0.3, 0.4) is 0 Å². The van der Waals surface area contributed by atoms with Crippen molar-refractivity contribution in [1.29, 1.82) is 0 Å². The van der Waals surface area contributed by atoms with Gasteiger partial charge in [0.25, 0.3) is 0 Å². The number of carbonyl (C=O) groups excluding carboxylic acids is 2. The molecule has 0 saturated heterocycles. The first kappa shape index (κ1) is 86.3. The van der Waals surface area contributed by atoms with Crippen LogP contribution in [0.5, 0.6) is 0 Å². The molecule has 0 aliphatic rings. The van der Waals surface area contributed by atoms with Crippen molar-refractivity contribution >= 4 is 27.9 Å². The lowest BCUT2D eigenvalue weighted by Crippen LogP contribution is -2.34. The van der Waals surface area contributed by atoms with Crippen molar-refractivity contribution in [2.75, 3.05) is 7.11 Å². The van der Waals surface area contributed by atoms with E-state index in [1.165, 1.54) is 62.5 Å². The Kier molecular flexibility index (Phi) is 62.3. The molecule has 3 rings (SSSR count). The molecule has 4 nitrogen and oxygen atoms in total. The Morgan fingerprint density at radius 1 is 0.565 bits per heavy atom. The molecule has 372 valence electrons. The summed E-state index contributed by atoms with van der Waals surface area (Å²) in [6.07, 6.45) is 2.34. The van der Waals surface area contributed by atoms with Gasteiger partial charge in [-0.1, -0.05) is 251 Å². The minimum Gasteiger partial charge on any atom is -0.453 e. The Labute approximate surface area is 396 Å². The van der Waals surface area contributed by atoms with Gasteiger partial charge in [-0.2, -0.15) is 0 Å². The average Bonchev–Trinajstić information content (AvgIpc) is 3.11. The van der Waals surface area contributed by atoms with E-state index in [0.29, 0.717) is 17.3 Å². The number of ether oxygens (including phenoxy) is 2. The number of ketones is 1. The quantitative estimate of drug-likeness (QED) is 0.134. The van der Waals surface area contributed by atoms with Gasteiger partial charge in [0.2, 0.25) is 0 Å². The second-order valence-corrected chi connectivity index (χ2v) is 29.1. The first-order valence-corrected chi connectivity index (χ1v) is 27.3. The van der Waals surface area contributed by atoms with Gasteiger partial charge in [-0.15, -0.1) is 0 Å². The van der Waals surface area contributed by atoms with Crippen molar-refractivity contribution in [3.8, 4) is 0 Å². The molecule has 0 amide bonds. The van der Waals surface area contributed by atoms with Crippen LogP contribution in [-0.2, 0) is 24.5 Å². The number of benzene rings is 3. The van der Waals surface area contributed by atoms with Crippen molar-refractivity contribution < 1.29 is 19.1 Å². The zero-order valence-corrected chi connectivity index (χ0v) is 39.4. The van der Waals surface area contributed by atoms with E-state index in [4.69, 9.17) is 9.47 Å². The predicted molar refractivity (Wildman–Crippen MR) is 300 cm³/mol. The Hall–Kier alpha value is -2.81. The highest BCUT2D eigenvalue weighted by atomic mass is 28.4. The third kappa shape index (κ3) is 43.8. The molecule has 4 atom stereocenters. The molecule has 3 aromatic carbocycles. The molecule has 0 aromatic heterocycles. The summed E-state index contributed by atoms with van der Waals surface area (Å²) in [5.74, 6) is 0.726. The Bertz CT molecular complexity index is 1350. The summed E-state index contributed by atoms with van der Waals surface area (Å²) in [6, 6.07) is 30.1. The van der Waals surface area contributed by atoms with Crippen molar-refractivity contribution in [2.45, 2.75) is 237 Å². The molecule has 62 heavy (non-hydrogen) atoms. The lowest BCUT2D eigenvalue weighted by atomic mass is 9.82. The molecule has 0 aliphatic carbocycles. The maximum atomic E-state index is 11.0. The van der Waals surface area contributed by atoms with E-state index >= 15 is 0 Å². The largest absolute Gasteiger partial charge is 0.453 e. The summed E-state index contributed by atoms with van der Waals surface area (Å²) in [6.45, 7) is 37.1. The molecule has 0 N–H and O–H groups in total. The maximum absolute atomic E-state index is 11.0. The van der Waals surface area contributed by atoms with Gasteiger partial charge in [0.1, 0.15) is 0 Å². The SMILES string of the molecule is C.C.C.C.C.C.C.C.C.CCC(C)(C)c1ccccc1.CCC(C)c1ccc(C)cc1.CCC(C)c1ccccc1.COC(C)C(=O)OC(C)C(C)=O.C[Si](C)(C)C[Si](C)(C)C. The van der Waals surface area contributed by atoms with Gasteiger partial charge in [-0.3, -0.25) is 4.79 Å². The van der Waals surface area contributed by atoms with E-state index in [0.717, 1.165) is 0 Å². The van der Waals surface area contributed by atoms with E-state index in [-0.39, 0.29) is 72.6 Å². The Morgan fingerprint density at radius 3 is 1.18 bits per heavy atom. The van der Waals surface area contributed by atoms with Crippen LogP contribution in [0.1, 0.15) is 189 Å². The molecule has 0 aliphatic heterocycles. The Balaban J connectivity index is -0.0000000564. The number of aryl methyl sites for hydroxylation is 1. The van der Waals surface area contributed by atoms with Crippen LogP contribution in [0.15, 0.2) is 84.9 Å². The zero-order chi connectivity index (χ0) is 41.4. The smallest absolute Gasteiger partial charge is 0.335 e. The van der Waals surface area contributed by atoms with E-state index in [1.54, 1.807) is 12.6 Å². The van der Waals surface area contributed by atoms with E-state index in [1.807, 2.05) is 0 Å². The summed E-state index contributed by atoms with van der Waals surface area (Å²) in [4.78, 5) is 21.7. The van der Waals surface area contributed by atoms with Crippen molar-refractivity contribution in [3.63, 3.8) is 0 Å². The second-order valence-electron chi connectivity index (χ2n) is 17.4. The topological polar surface area (TPSA) is 52.6 Å². The minimum atomic E-state index is -0.731.